The third-order valence-electron chi connectivity index (χ3n) is 5.64. The van der Waals surface area contributed by atoms with Gasteiger partial charge in [-0.1, -0.05) is 24.3 Å². The number of nitrogens with zero attached hydrogens (tertiary/aromatic N) is 4. The van der Waals surface area contributed by atoms with Crippen LogP contribution in [0.25, 0.3) is 11.3 Å². The second-order valence-corrected chi connectivity index (χ2v) is 7.32. The molecule has 0 bridgehead atoms. The number of aromatic nitrogens is 2. The van der Waals surface area contributed by atoms with Crippen LogP contribution < -0.4 is 4.90 Å². The molecule has 0 spiro atoms. The van der Waals surface area contributed by atoms with Gasteiger partial charge in [0.05, 0.1) is 5.69 Å². The highest BCUT2D eigenvalue weighted by atomic mass is 15.3. The van der Waals surface area contributed by atoms with Crippen molar-refractivity contribution in [3.8, 4) is 11.3 Å². The van der Waals surface area contributed by atoms with Crippen molar-refractivity contribution in [3.05, 3.63) is 41.1 Å². The van der Waals surface area contributed by atoms with Crippen molar-refractivity contribution in [1.82, 2.24) is 14.9 Å². The van der Waals surface area contributed by atoms with Gasteiger partial charge in [-0.2, -0.15) is 0 Å². The maximum atomic E-state index is 4.96. The fourth-order valence-electron chi connectivity index (χ4n) is 3.88. The van der Waals surface area contributed by atoms with Crippen molar-refractivity contribution < 1.29 is 0 Å². The molecule has 124 valence electrons. The van der Waals surface area contributed by atoms with Crippen LogP contribution in [0.4, 0.5) is 5.95 Å². The Morgan fingerprint density at radius 1 is 0.833 bits per heavy atom. The second-order valence-electron chi connectivity index (χ2n) is 7.32. The number of hydrogen-bond donors (Lipinski definition) is 0. The smallest absolute Gasteiger partial charge is 0.226 e. The highest BCUT2D eigenvalue weighted by Crippen LogP contribution is 2.33. The third-order valence-corrected chi connectivity index (χ3v) is 5.64. The molecule has 0 radical (unpaired) electrons. The number of rotatable bonds is 4. The molecular weight excluding hydrogens is 296 g/mol. The van der Waals surface area contributed by atoms with Crippen LogP contribution in [0.3, 0.4) is 0 Å². The summed E-state index contributed by atoms with van der Waals surface area (Å²) in [6, 6.07) is 9.08. The summed E-state index contributed by atoms with van der Waals surface area (Å²) in [7, 11) is 0. The fourth-order valence-corrected chi connectivity index (χ4v) is 3.88. The molecule has 2 aliphatic heterocycles. The molecule has 0 saturated carbocycles. The summed E-state index contributed by atoms with van der Waals surface area (Å²) < 4.78 is 0. The summed E-state index contributed by atoms with van der Waals surface area (Å²) >= 11 is 0. The number of likely N-dealkylation sites (tertiary alicyclic amines) is 1. The maximum Gasteiger partial charge on any atom is 0.226 e. The Morgan fingerprint density at radius 3 is 2.29 bits per heavy atom. The van der Waals surface area contributed by atoms with Crippen molar-refractivity contribution in [2.45, 2.75) is 38.6 Å². The zero-order valence-corrected chi connectivity index (χ0v) is 14.2. The molecule has 0 N–H and O–H groups in total. The molecule has 0 atom stereocenters. The maximum absolute atomic E-state index is 4.96. The van der Waals surface area contributed by atoms with Gasteiger partial charge >= 0.3 is 0 Å². The van der Waals surface area contributed by atoms with E-state index in [-0.39, 0.29) is 0 Å². The first kappa shape index (κ1) is 14.4. The Kier molecular flexibility index (Phi) is 3.51. The van der Waals surface area contributed by atoms with Crippen LogP contribution in [0, 0.1) is 0 Å². The normalized spacial score (nSPS) is 19.8. The van der Waals surface area contributed by atoms with Crippen LogP contribution in [0.2, 0.25) is 0 Å². The number of anilines is 1. The lowest BCUT2D eigenvalue weighted by atomic mass is 10.0. The van der Waals surface area contributed by atoms with Crippen LogP contribution in [0.1, 0.15) is 36.1 Å². The summed E-state index contributed by atoms with van der Waals surface area (Å²) in [5.41, 5.74) is 6.51. The highest BCUT2D eigenvalue weighted by molar-refractivity contribution is 5.66. The third kappa shape index (κ3) is 2.49. The molecule has 2 fully saturated rings. The van der Waals surface area contributed by atoms with E-state index in [1.807, 2.05) is 0 Å². The lowest BCUT2D eigenvalue weighted by molar-refractivity contribution is 0.172. The Labute approximate surface area is 143 Å². The van der Waals surface area contributed by atoms with Crippen molar-refractivity contribution in [2.24, 2.45) is 0 Å². The van der Waals surface area contributed by atoms with Gasteiger partial charge in [0.2, 0.25) is 5.95 Å². The Hall–Kier alpha value is -1.94. The van der Waals surface area contributed by atoms with Crippen molar-refractivity contribution >= 4 is 5.95 Å². The van der Waals surface area contributed by atoms with Crippen molar-refractivity contribution in [3.63, 3.8) is 0 Å². The topological polar surface area (TPSA) is 32.3 Å². The average Bonchev–Trinajstić information content (AvgIpc) is 2.98. The fraction of sp³-hybridized carbons (Fsp3) is 0.500. The Bertz CT molecular complexity index is 745. The van der Waals surface area contributed by atoms with Gasteiger partial charge in [0, 0.05) is 36.5 Å². The largest absolute Gasteiger partial charge is 0.341 e. The Balaban J connectivity index is 1.47. The first-order valence-corrected chi connectivity index (χ1v) is 9.33. The zero-order valence-electron chi connectivity index (χ0n) is 14.2. The SMILES string of the molecule is c1cc(-c2nc(N3CCC3)nc3c2CCC3)ccc1CN1CCC1. The molecular formula is C20H24N4. The molecule has 4 heteroatoms. The minimum atomic E-state index is 0.946. The highest BCUT2D eigenvalue weighted by Gasteiger charge is 2.24. The van der Waals surface area contributed by atoms with Gasteiger partial charge in [0.1, 0.15) is 0 Å². The predicted molar refractivity (Wildman–Crippen MR) is 96.2 cm³/mol. The van der Waals surface area contributed by atoms with E-state index in [4.69, 9.17) is 9.97 Å². The van der Waals surface area contributed by atoms with Gasteiger partial charge in [-0.05, 0) is 50.8 Å². The van der Waals surface area contributed by atoms with Crippen LogP contribution >= 0.6 is 0 Å². The molecule has 1 aromatic heterocycles. The van der Waals surface area contributed by atoms with E-state index in [0.717, 1.165) is 38.4 Å². The first-order chi connectivity index (χ1) is 11.9. The lowest BCUT2D eigenvalue weighted by Crippen LogP contribution is -2.38. The summed E-state index contributed by atoms with van der Waals surface area (Å²) in [6.45, 7) is 5.79. The number of hydrogen-bond acceptors (Lipinski definition) is 4. The van der Waals surface area contributed by atoms with E-state index < -0.39 is 0 Å². The van der Waals surface area contributed by atoms with E-state index in [9.17, 15) is 0 Å². The summed E-state index contributed by atoms with van der Waals surface area (Å²) in [6.07, 6.45) is 6.07. The van der Waals surface area contributed by atoms with Crippen LogP contribution in [0.15, 0.2) is 24.3 Å². The molecule has 0 amide bonds. The van der Waals surface area contributed by atoms with Gasteiger partial charge in [0.15, 0.2) is 0 Å². The quantitative estimate of drug-likeness (QED) is 0.867. The summed E-state index contributed by atoms with van der Waals surface area (Å²) in [4.78, 5) is 14.6. The van der Waals surface area contributed by atoms with E-state index in [1.54, 1.807) is 0 Å². The molecule has 3 heterocycles. The van der Waals surface area contributed by atoms with Crippen LogP contribution in [0.5, 0.6) is 0 Å². The monoisotopic (exact) mass is 320 g/mol. The molecule has 2 aromatic rings. The standard InChI is InChI=1S/C20H24N4/c1-4-17-18(5-1)21-20(24-12-3-13-24)22-19(17)16-8-6-15(7-9-16)14-23-10-2-11-23/h6-9H,1-5,10-14H2. The van der Waals surface area contributed by atoms with Gasteiger partial charge in [-0.3, -0.25) is 4.90 Å². The molecule has 1 aliphatic carbocycles. The Morgan fingerprint density at radius 2 is 1.62 bits per heavy atom. The van der Waals surface area contributed by atoms with E-state index in [1.165, 1.54) is 60.4 Å². The summed E-state index contributed by atoms with van der Waals surface area (Å²) in [5, 5.41) is 0. The van der Waals surface area contributed by atoms with Gasteiger partial charge in [0.25, 0.3) is 0 Å². The molecule has 0 unspecified atom stereocenters. The first-order valence-electron chi connectivity index (χ1n) is 9.33. The van der Waals surface area contributed by atoms with Crippen molar-refractivity contribution in [1.29, 1.82) is 0 Å². The van der Waals surface area contributed by atoms with E-state index in [0.29, 0.717) is 0 Å². The predicted octanol–water partition coefficient (Wildman–Crippen LogP) is 3.05. The molecule has 5 rings (SSSR count). The molecule has 3 aliphatic rings. The molecule has 4 nitrogen and oxygen atoms in total. The second kappa shape index (κ2) is 5.85. The molecule has 1 aromatic carbocycles. The lowest BCUT2D eigenvalue weighted by Gasteiger charge is -2.31. The number of fused-ring (bicyclic) bond motifs is 1. The van der Waals surface area contributed by atoms with Gasteiger partial charge in [-0.25, -0.2) is 9.97 Å². The minimum Gasteiger partial charge on any atom is -0.341 e. The number of aryl methyl sites for hydroxylation is 1. The summed E-state index contributed by atoms with van der Waals surface area (Å²) in [5.74, 6) is 0.946. The van der Waals surface area contributed by atoms with E-state index in [2.05, 4.69) is 34.1 Å². The van der Waals surface area contributed by atoms with Crippen LogP contribution in [-0.2, 0) is 19.4 Å². The molecule has 24 heavy (non-hydrogen) atoms. The van der Waals surface area contributed by atoms with Gasteiger partial charge in [-0.15, -0.1) is 0 Å². The van der Waals surface area contributed by atoms with Gasteiger partial charge < -0.3 is 4.90 Å². The molecule has 2 saturated heterocycles. The van der Waals surface area contributed by atoms with Crippen molar-refractivity contribution in [2.75, 3.05) is 31.1 Å². The van der Waals surface area contributed by atoms with E-state index >= 15 is 0 Å². The number of benzene rings is 1. The zero-order chi connectivity index (χ0) is 15.9. The minimum absolute atomic E-state index is 0.946. The average molecular weight is 320 g/mol. The van der Waals surface area contributed by atoms with Crippen LogP contribution in [-0.4, -0.2) is 41.0 Å².